The Bertz CT molecular complexity index is 507. The van der Waals surface area contributed by atoms with Crippen molar-refractivity contribution in [3.05, 3.63) is 48.3 Å². The number of hydrogen-bond donors (Lipinski definition) is 1. The molecule has 0 saturated carbocycles. The lowest BCUT2D eigenvalue weighted by molar-refractivity contribution is 0.146. The van der Waals surface area contributed by atoms with Crippen LogP contribution >= 0.6 is 0 Å². The molecule has 0 aliphatic rings. The van der Waals surface area contributed by atoms with Crippen LogP contribution in [0.5, 0.6) is 0 Å². The summed E-state index contributed by atoms with van der Waals surface area (Å²) in [5, 5.41) is 8.09. The van der Waals surface area contributed by atoms with E-state index < -0.39 is 0 Å². The van der Waals surface area contributed by atoms with Crippen LogP contribution in [0.4, 0.5) is 0 Å². The summed E-state index contributed by atoms with van der Waals surface area (Å²) in [5.41, 5.74) is 2.12. The molecule has 1 aromatic carbocycles. The third-order valence-electron chi connectivity index (χ3n) is 3.36. The molecule has 1 N–H and O–H groups in total. The fourth-order valence-corrected chi connectivity index (χ4v) is 2.08. The van der Waals surface area contributed by atoms with Gasteiger partial charge in [0.2, 0.25) is 0 Å². The van der Waals surface area contributed by atoms with Crippen molar-refractivity contribution >= 4 is 0 Å². The molecular weight excluding hydrogens is 250 g/mol. The molecule has 2 rings (SSSR count). The summed E-state index contributed by atoms with van der Waals surface area (Å²) in [6.45, 7) is 5.86. The molecule has 2 aromatic rings. The van der Waals surface area contributed by atoms with Crippen LogP contribution in [-0.4, -0.2) is 29.5 Å². The van der Waals surface area contributed by atoms with Crippen molar-refractivity contribution in [3.8, 4) is 5.69 Å². The highest BCUT2D eigenvalue weighted by Gasteiger charge is 2.12. The van der Waals surface area contributed by atoms with E-state index in [-0.39, 0.29) is 0 Å². The van der Waals surface area contributed by atoms with Crippen LogP contribution < -0.4 is 5.32 Å². The molecule has 1 aromatic heterocycles. The fraction of sp³-hybridized carbons (Fsp3) is 0.438. The van der Waals surface area contributed by atoms with Gasteiger partial charge in [0.25, 0.3) is 0 Å². The van der Waals surface area contributed by atoms with Gasteiger partial charge in [0.1, 0.15) is 0 Å². The molecule has 20 heavy (non-hydrogen) atoms. The Morgan fingerprint density at radius 1 is 1.20 bits per heavy atom. The van der Waals surface area contributed by atoms with Crippen LogP contribution in [0.15, 0.2) is 42.6 Å². The van der Waals surface area contributed by atoms with E-state index in [9.17, 15) is 0 Å². The third-order valence-corrected chi connectivity index (χ3v) is 3.36. The highest BCUT2D eigenvalue weighted by Crippen LogP contribution is 2.08. The molecule has 0 saturated heterocycles. The maximum absolute atomic E-state index is 5.24. The number of para-hydroxylation sites is 1. The van der Waals surface area contributed by atoms with E-state index in [4.69, 9.17) is 4.74 Å². The van der Waals surface area contributed by atoms with Crippen molar-refractivity contribution in [2.75, 3.05) is 13.7 Å². The van der Waals surface area contributed by atoms with Crippen molar-refractivity contribution in [1.29, 1.82) is 0 Å². The minimum absolute atomic E-state index is 0.349. The Morgan fingerprint density at radius 2 is 1.95 bits per heavy atom. The van der Waals surface area contributed by atoms with Gasteiger partial charge < -0.3 is 10.1 Å². The van der Waals surface area contributed by atoms with Crippen LogP contribution in [0, 0.1) is 5.92 Å². The third kappa shape index (κ3) is 3.92. The van der Waals surface area contributed by atoms with Gasteiger partial charge in [-0.1, -0.05) is 32.0 Å². The molecule has 1 heterocycles. The largest absolute Gasteiger partial charge is 0.383 e. The van der Waals surface area contributed by atoms with E-state index in [1.54, 1.807) is 7.11 Å². The van der Waals surface area contributed by atoms with Gasteiger partial charge >= 0.3 is 0 Å². The van der Waals surface area contributed by atoms with Crippen molar-refractivity contribution in [2.24, 2.45) is 5.92 Å². The molecule has 0 aliphatic heterocycles. The first-order chi connectivity index (χ1) is 9.70. The quantitative estimate of drug-likeness (QED) is 0.843. The first kappa shape index (κ1) is 14.8. The molecule has 0 radical (unpaired) electrons. The minimum Gasteiger partial charge on any atom is -0.383 e. The highest BCUT2D eigenvalue weighted by atomic mass is 16.5. The average molecular weight is 273 g/mol. The predicted molar refractivity (Wildman–Crippen MR) is 80.9 cm³/mol. The number of aromatic nitrogens is 2. The second-order valence-electron chi connectivity index (χ2n) is 5.27. The molecule has 0 spiro atoms. The predicted octanol–water partition coefficient (Wildman–Crippen LogP) is 2.63. The van der Waals surface area contributed by atoms with Crippen LogP contribution in [-0.2, 0) is 11.3 Å². The molecule has 108 valence electrons. The lowest BCUT2D eigenvalue weighted by Crippen LogP contribution is -2.37. The summed E-state index contributed by atoms with van der Waals surface area (Å²) >= 11 is 0. The summed E-state index contributed by atoms with van der Waals surface area (Å²) in [5.74, 6) is 0.533. The lowest BCUT2D eigenvalue weighted by atomic mass is 10.1. The average Bonchev–Trinajstić information content (AvgIpc) is 2.93. The van der Waals surface area contributed by atoms with Crippen LogP contribution in [0.25, 0.3) is 5.69 Å². The van der Waals surface area contributed by atoms with E-state index in [0.717, 1.165) is 24.5 Å². The van der Waals surface area contributed by atoms with Gasteiger partial charge in [-0.25, -0.2) is 4.68 Å². The zero-order valence-electron chi connectivity index (χ0n) is 12.4. The summed E-state index contributed by atoms with van der Waals surface area (Å²) in [7, 11) is 1.74. The van der Waals surface area contributed by atoms with Gasteiger partial charge in [-0.2, -0.15) is 5.10 Å². The number of nitrogens with one attached hydrogen (secondary N) is 1. The Labute approximate surface area is 120 Å². The zero-order chi connectivity index (χ0) is 14.4. The molecule has 1 atom stereocenters. The van der Waals surface area contributed by atoms with E-state index in [1.807, 2.05) is 47.3 Å². The Hall–Kier alpha value is -1.65. The maximum Gasteiger partial charge on any atom is 0.0766 e. The van der Waals surface area contributed by atoms with Gasteiger partial charge in [-0.15, -0.1) is 0 Å². The molecule has 1 unspecified atom stereocenters. The van der Waals surface area contributed by atoms with Gasteiger partial charge in [0.15, 0.2) is 0 Å². The SMILES string of the molecule is COCC(NCc1ccn(-c2ccccc2)n1)C(C)C. The molecule has 4 nitrogen and oxygen atoms in total. The van der Waals surface area contributed by atoms with Crippen LogP contribution in [0.3, 0.4) is 0 Å². The molecular formula is C16H23N3O. The number of rotatable bonds is 7. The topological polar surface area (TPSA) is 39.1 Å². The molecule has 0 bridgehead atoms. The van der Waals surface area contributed by atoms with E-state index in [0.29, 0.717) is 12.0 Å². The summed E-state index contributed by atoms with van der Waals surface area (Å²) in [6, 6.07) is 12.5. The van der Waals surface area contributed by atoms with Crippen molar-refractivity contribution < 1.29 is 4.74 Å². The van der Waals surface area contributed by atoms with Gasteiger partial charge in [-0.05, 0) is 24.1 Å². The number of hydrogen-bond acceptors (Lipinski definition) is 3. The van der Waals surface area contributed by atoms with E-state index in [2.05, 4.69) is 24.3 Å². The van der Waals surface area contributed by atoms with Crippen molar-refractivity contribution in [3.63, 3.8) is 0 Å². The van der Waals surface area contributed by atoms with Crippen LogP contribution in [0.2, 0.25) is 0 Å². The number of ether oxygens (including phenoxy) is 1. The monoisotopic (exact) mass is 273 g/mol. The van der Waals surface area contributed by atoms with E-state index in [1.165, 1.54) is 0 Å². The van der Waals surface area contributed by atoms with E-state index >= 15 is 0 Å². The van der Waals surface area contributed by atoms with Gasteiger partial charge in [-0.3, -0.25) is 0 Å². The molecule has 0 fully saturated rings. The fourth-order valence-electron chi connectivity index (χ4n) is 2.08. The van der Waals surface area contributed by atoms with Gasteiger partial charge in [0, 0.05) is 25.9 Å². The standard InChI is InChI=1S/C16H23N3O/c1-13(2)16(12-20-3)17-11-14-9-10-19(18-14)15-7-5-4-6-8-15/h4-10,13,16-17H,11-12H2,1-3H3. The lowest BCUT2D eigenvalue weighted by Gasteiger charge is -2.20. The molecule has 0 amide bonds. The van der Waals surface area contributed by atoms with Gasteiger partial charge in [0.05, 0.1) is 18.0 Å². The van der Waals surface area contributed by atoms with Crippen LogP contribution in [0.1, 0.15) is 19.5 Å². The number of nitrogens with zero attached hydrogens (tertiary/aromatic N) is 2. The smallest absolute Gasteiger partial charge is 0.0766 e. The number of methoxy groups -OCH3 is 1. The van der Waals surface area contributed by atoms with Crippen molar-refractivity contribution in [1.82, 2.24) is 15.1 Å². The highest BCUT2D eigenvalue weighted by molar-refractivity contribution is 5.30. The normalized spacial score (nSPS) is 12.8. The first-order valence-corrected chi connectivity index (χ1v) is 7.03. The summed E-state index contributed by atoms with van der Waals surface area (Å²) < 4.78 is 7.14. The Morgan fingerprint density at radius 3 is 2.60 bits per heavy atom. The number of benzene rings is 1. The maximum atomic E-state index is 5.24. The Kier molecular flexibility index (Phi) is 5.32. The summed E-state index contributed by atoms with van der Waals surface area (Å²) in [4.78, 5) is 0. The minimum atomic E-state index is 0.349. The first-order valence-electron chi connectivity index (χ1n) is 7.03. The zero-order valence-corrected chi connectivity index (χ0v) is 12.4. The second-order valence-corrected chi connectivity index (χ2v) is 5.27. The van der Waals surface area contributed by atoms with Crippen molar-refractivity contribution in [2.45, 2.75) is 26.4 Å². The molecule has 0 aliphatic carbocycles. The molecule has 4 heteroatoms. The summed E-state index contributed by atoms with van der Waals surface area (Å²) in [6.07, 6.45) is 1.99. The Balaban J connectivity index is 1.96. The second kappa shape index (κ2) is 7.22.